The topological polar surface area (TPSA) is 77.2 Å². The molecule has 0 aliphatic carbocycles. The molecule has 19 heavy (non-hydrogen) atoms. The number of amides is 1. The molecule has 0 radical (unpaired) electrons. The first-order chi connectivity index (χ1) is 9.22. The molecule has 0 atom stereocenters. The third-order valence-electron chi connectivity index (χ3n) is 2.73. The standard InChI is InChI=1S/C14H17N3O2/c1-2-16-13(18)7-9-19-12-6-5-11(15)10-4-3-8-17-14(10)12/h3-6,8H,2,7,9,15H2,1H3,(H,16,18). The molecule has 0 saturated heterocycles. The number of nitrogens with two attached hydrogens (primary N) is 1. The van der Waals surface area contributed by atoms with Gasteiger partial charge in [-0.15, -0.1) is 0 Å². The third-order valence-corrected chi connectivity index (χ3v) is 2.73. The van der Waals surface area contributed by atoms with E-state index in [1.165, 1.54) is 0 Å². The largest absolute Gasteiger partial charge is 0.491 e. The second kappa shape index (κ2) is 6.04. The van der Waals surface area contributed by atoms with E-state index in [4.69, 9.17) is 10.5 Å². The molecule has 1 amide bonds. The van der Waals surface area contributed by atoms with Gasteiger partial charge in [0.05, 0.1) is 13.0 Å². The number of pyridine rings is 1. The van der Waals surface area contributed by atoms with Crippen molar-refractivity contribution in [2.45, 2.75) is 13.3 Å². The Morgan fingerprint density at radius 1 is 1.42 bits per heavy atom. The molecule has 0 aliphatic heterocycles. The summed E-state index contributed by atoms with van der Waals surface area (Å²) in [4.78, 5) is 15.6. The van der Waals surface area contributed by atoms with E-state index < -0.39 is 0 Å². The molecular weight excluding hydrogens is 242 g/mol. The van der Waals surface area contributed by atoms with Gasteiger partial charge in [-0.25, -0.2) is 0 Å². The predicted octanol–water partition coefficient (Wildman–Crippen LogP) is 1.72. The normalized spacial score (nSPS) is 10.4. The summed E-state index contributed by atoms with van der Waals surface area (Å²) in [5.41, 5.74) is 7.27. The molecule has 0 aliphatic rings. The third kappa shape index (κ3) is 3.13. The number of nitrogens with zero attached hydrogens (tertiary/aromatic N) is 1. The number of hydrogen-bond acceptors (Lipinski definition) is 4. The van der Waals surface area contributed by atoms with Crippen molar-refractivity contribution in [1.82, 2.24) is 10.3 Å². The van der Waals surface area contributed by atoms with E-state index >= 15 is 0 Å². The molecule has 0 bridgehead atoms. The highest BCUT2D eigenvalue weighted by Gasteiger charge is 2.07. The van der Waals surface area contributed by atoms with E-state index in [-0.39, 0.29) is 5.91 Å². The smallest absolute Gasteiger partial charge is 0.223 e. The number of nitrogens with one attached hydrogen (secondary N) is 1. The molecule has 5 nitrogen and oxygen atoms in total. The fourth-order valence-corrected chi connectivity index (χ4v) is 1.82. The van der Waals surface area contributed by atoms with Crippen LogP contribution in [0.1, 0.15) is 13.3 Å². The van der Waals surface area contributed by atoms with E-state index in [2.05, 4.69) is 10.3 Å². The average Bonchev–Trinajstić information content (AvgIpc) is 2.42. The van der Waals surface area contributed by atoms with Crippen LogP contribution in [0.2, 0.25) is 0 Å². The molecule has 1 heterocycles. The van der Waals surface area contributed by atoms with Gasteiger partial charge in [0.1, 0.15) is 11.3 Å². The molecule has 0 saturated carbocycles. The van der Waals surface area contributed by atoms with Crippen LogP contribution in [-0.4, -0.2) is 24.0 Å². The first-order valence-corrected chi connectivity index (χ1v) is 6.25. The maximum atomic E-state index is 11.3. The van der Waals surface area contributed by atoms with Crippen molar-refractivity contribution < 1.29 is 9.53 Å². The zero-order valence-corrected chi connectivity index (χ0v) is 10.8. The van der Waals surface area contributed by atoms with Crippen LogP contribution in [0.5, 0.6) is 5.75 Å². The fraction of sp³-hybridized carbons (Fsp3) is 0.286. The molecule has 0 spiro atoms. The molecule has 100 valence electrons. The Morgan fingerprint density at radius 3 is 3.05 bits per heavy atom. The SMILES string of the molecule is CCNC(=O)CCOc1ccc(N)c2cccnc12. The van der Waals surface area contributed by atoms with Crippen LogP contribution < -0.4 is 15.8 Å². The summed E-state index contributed by atoms with van der Waals surface area (Å²) in [6.45, 7) is 2.84. The number of aromatic nitrogens is 1. The molecule has 5 heteroatoms. The summed E-state index contributed by atoms with van der Waals surface area (Å²) in [5, 5.41) is 3.58. The van der Waals surface area contributed by atoms with Crippen LogP contribution in [0, 0.1) is 0 Å². The number of fused-ring (bicyclic) bond motifs is 1. The minimum Gasteiger partial charge on any atom is -0.491 e. The number of carbonyl (C=O) groups excluding carboxylic acids is 1. The summed E-state index contributed by atoms with van der Waals surface area (Å²) in [5.74, 6) is 0.629. The lowest BCUT2D eigenvalue weighted by atomic mass is 10.1. The van der Waals surface area contributed by atoms with Gasteiger partial charge in [-0.1, -0.05) is 0 Å². The summed E-state index contributed by atoms with van der Waals surface area (Å²) in [6, 6.07) is 7.29. The van der Waals surface area contributed by atoms with Crippen LogP contribution in [0.4, 0.5) is 5.69 Å². The quantitative estimate of drug-likeness (QED) is 0.801. The molecule has 0 unspecified atom stereocenters. The van der Waals surface area contributed by atoms with Crippen molar-refractivity contribution >= 4 is 22.5 Å². The Morgan fingerprint density at radius 2 is 2.26 bits per heavy atom. The van der Waals surface area contributed by atoms with E-state index in [1.807, 2.05) is 19.1 Å². The summed E-state index contributed by atoms with van der Waals surface area (Å²) < 4.78 is 5.61. The van der Waals surface area contributed by atoms with Gasteiger partial charge >= 0.3 is 0 Å². The Labute approximate surface area is 111 Å². The summed E-state index contributed by atoms with van der Waals surface area (Å²) in [6.07, 6.45) is 2.02. The van der Waals surface area contributed by atoms with Gasteiger partial charge in [-0.2, -0.15) is 0 Å². The number of ether oxygens (including phenoxy) is 1. The first-order valence-electron chi connectivity index (χ1n) is 6.25. The van der Waals surface area contributed by atoms with Crippen LogP contribution in [0.25, 0.3) is 10.9 Å². The monoisotopic (exact) mass is 259 g/mol. The molecule has 2 rings (SSSR count). The minimum atomic E-state index is -0.0183. The van der Waals surface area contributed by atoms with E-state index in [9.17, 15) is 4.79 Å². The van der Waals surface area contributed by atoms with Gasteiger partial charge in [0.15, 0.2) is 0 Å². The Balaban J connectivity index is 2.09. The predicted molar refractivity (Wildman–Crippen MR) is 75.0 cm³/mol. The van der Waals surface area contributed by atoms with Crippen LogP contribution in [0.15, 0.2) is 30.5 Å². The van der Waals surface area contributed by atoms with E-state index in [0.29, 0.717) is 31.0 Å². The number of hydrogen-bond donors (Lipinski definition) is 2. The van der Waals surface area contributed by atoms with Gasteiger partial charge in [0.25, 0.3) is 0 Å². The Bertz CT molecular complexity index is 584. The van der Waals surface area contributed by atoms with E-state index in [0.717, 1.165) is 10.9 Å². The second-order valence-electron chi connectivity index (χ2n) is 4.10. The van der Waals surface area contributed by atoms with Gasteiger partial charge in [0, 0.05) is 23.8 Å². The van der Waals surface area contributed by atoms with Crippen LogP contribution in [0.3, 0.4) is 0 Å². The maximum absolute atomic E-state index is 11.3. The molecular formula is C14H17N3O2. The van der Waals surface area contributed by atoms with Crippen molar-refractivity contribution in [2.75, 3.05) is 18.9 Å². The number of anilines is 1. The molecule has 0 fully saturated rings. The van der Waals surface area contributed by atoms with Crippen molar-refractivity contribution in [3.63, 3.8) is 0 Å². The lowest BCUT2D eigenvalue weighted by molar-refractivity contribution is -0.121. The highest BCUT2D eigenvalue weighted by Crippen LogP contribution is 2.27. The van der Waals surface area contributed by atoms with Crippen molar-refractivity contribution in [3.8, 4) is 5.75 Å². The van der Waals surface area contributed by atoms with Gasteiger partial charge in [0.2, 0.25) is 5.91 Å². The van der Waals surface area contributed by atoms with Crippen molar-refractivity contribution in [3.05, 3.63) is 30.5 Å². The molecule has 3 N–H and O–H groups in total. The summed E-state index contributed by atoms with van der Waals surface area (Å²) >= 11 is 0. The lowest BCUT2D eigenvalue weighted by Gasteiger charge is -2.09. The minimum absolute atomic E-state index is 0.0183. The maximum Gasteiger partial charge on any atom is 0.223 e. The number of nitrogen functional groups attached to an aromatic ring is 1. The lowest BCUT2D eigenvalue weighted by Crippen LogP contribution is -2.24. The zero-order chi connectivity index (χ0) is 13.7. The fourth-order valence-electron chi connectivity index (χ4n) is 1.82. The van der Waals surface area contributed by atoms with Gasteiger partial charge in [-0.05, 0) is 31.2 Å². The number of benzene rings is 1. The zero-order valence-electron chi connectivity index (χ0n) is 10.8. The Kier molecular flexibility index (Phi) is 4.18. The van der Waals surface area contributed by atoms with Crippen molar-refractivity contribution in [1.29, 1.82) is 0 Å². The summed E-state index contributed by atoms with van der Waals surface area (Å²) in [7, 11) is 0. The first kappa shape index (κ1) is 13.1. The van der Waals surface area contributed by atoms with Gasteiger partial charge < -0.3 is 15.8 Å². The van der Waals surface area contributed by atoms with Crippen molar-refractivity contribution in [2.24, 2.45) is 0 Å². The second-order valence-corrected chi connectivity index (χ2v) is 4.10. The molecule has 1 aromatic carbocycles. The molecule has 1 aromatic heterocycles. The van der Waals surface area contributed by atoms with E-state index in [1.54, 1.807) is 18.3 Å². The number of rotatable bonds is 5. The number of carbonyl (C=O) groups is 1. The molecule has 2 aromatic rings. The van der Waals surface area contributed by atoms with Gasteiger partial charge in [-0.3, -0.25) is 9.78 Å². The Hall–Kier alpha value is -2.30. The average molecular weight is 259 g/mol. The van der Waals surface area contributed by atoms with Crippen LogP contribution in [-0.2, 0) is 4.79 Å². The highest BCUT2D eigenvalue weighted by molar-refractivity contribution is 5.94. The van der Waals surface area contributed by atoms with Crippen LogP contribution >= 0.6 is 0 Å². The highest BCUT2D eigenvalue weighted by atomic mass is 16.5.